The van der Waals surface area contributed by atoms with E-state index in [1.54, 1.807) is 45.2 Å². The van der Waals surface area contributed by atoms with Gasteiger partial charge in [-0.2, -0.15) is 5.10 Å². The third-order valence-corrected chi connectivity index (χ3v) is 6.16. The van der Waals surface area contributed by atoms with Crippen LogP contribution in [0.2, 0.25) is 0 Å². The van der Waals surface area contributed by atoms with E-state index in [2.05, 4.69) is 10.4 Å². The van der Waals surface area contributed by atoms with Crippen molar-refractivity contribution in [3.8, 4) is 11.5 Å². The van der Waals surface area contributed by atoms with E-state index in [0.29, 0.717) is 23.8 Å². The predicted molar refractivity (Wildman–Crippen MR) is 136 cm³/mol. The van der Waals surface area contributed by atoms with Crippen LogP contribution < -0.4 is 19.7 Å². The molecule has 10 heteroatoms. The number of nitrogens with zero attached hydrogens (tertiary/aromatic N) is 3. The van der Waals surface area contributed by atoms with Gasteiger partial charge in [-0.25, -0.2) is 4.79 Å². The largest absolute Gasteiger partial charge is 0.496 e. The Labute approximate surface area is 215 Å². The molecular formula is C27H30N4O6. The molecule has 1 N–H and O–H groups in total. The molecule has 0 bridgehead atoms. The van der Waals surface area contributed by atoms with Crippen molar-refractivity contribution >= 4 is 23.5 Å². The van der Waals surface area contributed by atoms with Crippen molar-refractivity contribution < 1.29 is 28.6 Å². The highest BCUT2D eigenvalue weighted by Crippen LogP contribution is 2.34. The van der Waals surface area contributed by atoms with Crippen LogP contribution in [0.1, 0.15) is 47.3 Å². The van der Waals surface area contributed by atoms with Gasteiger partial charge < -0.3 is 19.5 Å². The molecule has 194 valence electrons. The molecule has 1 aliphatic heterocycles. The minimum absolute atomic E-state index is 0.00974. The molecule has 4 rings (SSSR count). The number of ether oxygens (including phenoxy) is 3. The Morgan fingerprint density at radius 1 is 1.08 bits per heavy atom. The number of nitrogens with one attached hydrogen (secondary N) is 1. The summed E-state index contributed by atoms with van der Waals surface area (Å²) < 4.78 is 17.4. The predicted octanol–water partition coefficient (Wildman–Crippen LogP) is 3.20. The number of amides is 2. The lowest BCUT2D eigenvalue weighted by Crippen LogP contribution is -2.64. The number of aromatic nitrogens is 2. The number of anilines is 1. The summed E-state index contributed by atoms with van der Waals surface area (Å²) in [5, 5.41) is 7.23. The van der Waals surface area contributed by atoms with E-state index in [0.717, 1.165) is 5.56 Å². The molecule has 37 heavy (non-hydrogen) atoms. The van der Waals surface area contributed by atoms with Crippen molar-refractivity contribution in [2.45, 2.75) is 39.4 Å². The van der Waals surface area contributed by atoms with Crippen LogP contribution in [-0.2, 0) is 22.6 Å². The van der Waals surface area contributed by atoms with Crippen molar-refractivity contribution in [3.63, 3.8) is 0 Å². The van der Waals surface area contributed by atoms with Gasteiger partial charge in [0.1, 0.15) is 22.7 Å². The molecule has 0 aliphatic carbocycles. The van der Waals surface area contributed by atoms with Gasteiger partial charge in [0.15, 0.2) is 5.69 Å². The number of hydrogen-bond donors (Lipinski definition) is 1. The van der Waals surface area contributed by atoms with Crippen LogP contribution in [0.3, 0.4) is 0 Å². The lowest BCUT2D eigenvalue weighted by Gasteiger charge is -2.43. The van der Waals surface area contributed by atoms with E-state index in [1.807, 2.05) is 31.2 Å². The fourth-order valence-corrected chi connectivity index (χ4v) is 4.36. The maximum Gasteiger partial charge on any atom is 0.358 e. The van der Waals surface area contributed by atoms with E-state index < -0.39 is 17.4 Å². The van der Waals surface area contributed by atoms with Gasteiger partial charge in [0.2, 0.25) is 5.91 Å². The molecule has 1 aliphatic rings. The molecule has 1 unspecified atom stereocenters. The number of methoxy groups -OCH3 is 1. The quantitative estimate of drug-likeness (QED) is 0.444. The Bertz CT molecular complexity index is 1300. The Balaban J connectivity index is 1.71. The molecule has 0 saturated carbocycles. The fraction of sp³-hybridized carbons (Fsp3) is 0.333. The highest BCUT2D eigenvalue weighted by atomic mass is 16.5. The number of benzene rings is 2. The summed E-state index contributed by atoms with van der Waals surface area (Å²) in [4.78, 5) is 41.3. The SMILES string of the molecule is CCOC(=O)c1cc2n(n1)CC(C)(C(=O)NCc1ccccc1OC)N(c1ccc(OCC)cc1)C2=O. The Kier molecular flexibility index (Phi) is 7.47. The molecule has 1 aromatic heterocycles. The summed E-state index contributed by atoms with van der Waals surface area (Å²) in [6.45, 7) is 6.15. The maximum atomic E-state index is 13.8. The van der Waals surface area contributed by atoms with Gasteiger partial charge in [-0.3, -0.25) is 19.2 Å². The zero-order chi connectivity index (χ0) is 26.6. The third-order valence-electron chi connectivity index (χ3n) is 6.16. The number of hydrogen-bond acceptors (Lipinski definition) is 7. The molecule has 3 aromatic rings. The van der Waals surface area contributed by atoms with Crippen molar-refractivity contribution in [3.05, 3.63) is 71.5 Å². The Hall–Kier alpha value is -4.34. The zero-order valence-electron chi connectivity index (χ0n) is 21.3. The zero-order valence-corrected chi connectivity index (χ0v) is 21.3. The molecule has 2 heterocycles. The second-order valence-corrected chi connectivity index (χ2v) is 8.63. The van der Waals surface area contributed by atoms with Gasteiger partial charge in [-0.1, -0.05) is 18.2 Å². The molecule has 1 atom stereocenters. The monoisotopic (exact) mass is 506 g/mol. The second kappa shape index (κ2) is 10.7. The van der Waals surface area contributed by atoms with Crippen molar-refractivity contribution in [2.24, 2.45) is 0 Å². The molecule has 0 spiro atoms. The molecule has 0 radical (unpaired) electrons. The van der Waals surface area contributed by atoms with E-state index in [-0.39, 0.29) is 37.0 Å². The van der Waals surface area contributed by atoms with E-state index in [9.17, 15) is 14.4 Å². The first kappa shape index (κ1) is 25.7. The highest BCUT2D eigenvalue weighted by Gasteiger charge is 2.49. The summed E-state index contributed by atoms with van der Waals surface area (Å²) in [5.41, 5.74) is 0.133. The van der Waals surface area contributed by atoms with Crippen LogP contribution in [0.4, 0.5) is 5.69 Å². The Morgan fingerprint density at radius 3 is 2.49 bits per heavy atom. The maximum absolute atomic E-state index is 13.8. The van der Waals surface area contributed by atoms with Gasteiger partial charge in [0, 0.05) is 23.9 Å². The smallest absolute Gasteiger partial charge is 0.358 e. The van der Waals surface area contributed by atoms with E-state index in [4.69, 9.17) is 14.2 Å². The number of fused-ring (bicyclic) bond motifs is 1. The van der Waals surface area contributed by atoms with Gasteiger partial charge in [-0.15, -0.1) is 0 Å². The summed E-state index contributed by atoms with van der Waals surface area (Å²) in [5.74, 6) is -0.197. The van der Waals surface area contributed by atoms with Crippen molar-refractivity contribution in [1.82, 2.24) is 15.1 Å². The first-order valence-corrected chi connectivity index (χ1v) is 12.0. The topological polar surface area (TPSA) is 112 Å². The number of carbonyl (C=O) groups excluding carboxylic acids is 3. The average Bonchev–Trinajstić information content (AvgIpc) is 3.33. The minimum Gasteiger partial charge on any atom is -0.496 e. The fourth-order valence-electron chi connectivity index (χ4n) is 4.36. The van der Waals surface area contributed by atoms with Gasteiger partial charge in [0.05, 0.1) is 26.9 Å². The van der Waals surface area contributed by atoms with Crippen LogP contribution in [0.5, 0.6) is 11.5 Å². The number of para-hydroxylation sites is 1. The first-order chi connectivity index (χ1) is 17.8. The van der Waals surface area contributed by atoms with Crippen molar-refractivity contribution in [1.29, 1.82) is 0 Å². The molecule has 2 aromatic carbocycles. The van der Waals surface area contributed by atoms with Gasteiger partial charge >= 0.3 is 5.97 Å². The van der Waals surface area contributed by atoms with Crippen LogP contribution in [0.25, 0.3) is 0 Å². The van der Waals surface area contributed by atoms with E-state index >= 15 is 0 Å². The lowest BCUT2D eigenvalue weighted by atomic mass is 9.93. The van der Waals surface area contributed by atoms with Gasteiger partial charge in [0.25, 0.3) is 5.91 Å². The number of rotatable bonds is 9. The van der Waals surface area contributed by atoms with E-state index in [1.165, 1.54) is 15.6 Å². The number of carbonyl (C=O) groups is 3. The summed E-state index contributed by atoms with van der Waals surface area (Å²) in [7, 11) is 1.57. The standard InChI is InChI=1S/C27H30N4O6/c1-5-36-20-13-11-19(12-14-20)31-24(32)22-15-21(25(33)37-6-2)29-30(22)17-27(31,3)26(34)28-16-18-9-7-8-10-23(18)35-4/h7-15H,5-6,16-17H2,1-4H3,(H,28,34). The number of esters is 1. The molecule has 10 nitrogen and oxygen atoms in total. The van der Waals surface area contributed by atoms with Crippen LogP contribution in [-0.4, -0.2) is 53.4 Å². The normalized spacial score (nSPS) is 16.6. The summed E-state index contributed by atoms with van der Waals surface area (Å²) in [6, 6.07) is 15.7. The summed E-state index contributed by atoms with van der Waals surface area (Å²) in [6.07, 6.45) is 0. The van der Waals surface area contributed by atoms with Gasteiger partial charge in [-0.05, 0) is 51.1 Å². The molecular weight excluding hydrogens is 476 g/mol. The third kappa shape index (κ3) is 5.00. The Morgan fingerprint density at radius 2 is 1.81 bits per heavy atom. The molecule has 0 saturated heterocycles. The average molecular weight is 507 g/mol. The van der Waals surface area contributed by atoms with Crippen LogP contribution >= 0.6 is 0 Å². The highest BCUT2D eigenvalue weighted by molar-refractivity contribution is 6.12. The van der Waals surface area contributed by atoms with Crippen LogP contribution in [0.15, 0.2) is 54.6 Å². The minimum atomic E-state index is -1.36. The summed E-state index contributed by atoms with van der Waals surface area (Å²) >= 11 is 0. The van der Waals surface area contributed by atoms with Crippen LogP contribution in [0, 0.1) is 0 Å². The molecule has 2 amide bonds. The second-order valence-electron chi connectivity index (χ2n) is 8.63. The molecule has 0 fully saturated rings. The van der Waals surface area contributed by atoms with Crippen molar-refractivity contribution in [2.75, 3.05) is 25.2 Å². The lowest BCUT2D eigenvalue weighted by molar-refractivity contribution is -0.126. The first-order valence-electron chi connectivity index (χ1n) is 12.0.